The Hall–Kier alpha value is -7.54. The molecule has 3 unspecified atom stereocenters. The number of pyridine rings is 2. The number of hydrogen-bond acceptors (Lipinski definition) is 16. The molecule has 4 aliphatic rings. The third kappa shape index (κ3) is 13.8. The number of fused-ring (bicyclic) bond motifs is 5. The fourth-order valence-corrected chi connectivity index (χ4v) is 11.0. The van der Waals surface area contributed by atoms with Crippen LogP contribution in [0.15, 0.2) is 65.5 Å². The van der Waals surface area contributed by atoms with Gasteiger partial charge >= 0.3 is 11.9 Å². The molecule has 0 spiro atoms. The first-order valence-electron chi connectivity index (χ1n) is 27.9. The van der Waals surface area contributed by atoms with E-state index in [1.165, 1.54) is 6.92 Å². The molecule has 2 aromatic carbocycles. The Morgan fingerprint density at radius 2 is 1.55 bits per heavy atom. The van der Waals surface area contributed by atoms with Crippen molar-refractivity contribution >= 4 is 75.4 Å². The number of hydrogen-bond donors (Lipinski definition) is 8. The van der Waals surface area contributed by atoms with Crippen molar-refractivity contribution in [1.82, 2.24) is 41.0 Å². The molecule has 2 fully saturated rings. The number of para-hydroxylation sites is 1. The zero-order chi connectivity index (χ0) is 59.2. The second-order valence-corrected chi connectivity index (χ2v) is 22.5. The van der Waals surface area contributed by atoms with Gasteiger partial charge in [0.15, 0.2) is 5.11 Å². The first-order valence-corrected chi connectivity index (χ1v) is 28.3. The Balaban J connectivity index is 0.822. The molecule has 8 N–H and O–H groups in total. The second kappa shape index (κ2) is 26.1. The third-order valence-corrected chi connectivity index (χ3v) is 15.4. The SMILES string of the molecule is CC[C@@]1(OC(=O)CNC(=O)C(C)NC(=O)[C@H](CC(C)C)NC(=O)CNC(=O)[C@H](CC(C)C)NC(=O)C2CCCN2C(=S)Nc2ccc(O[C@H]3O[C@@H](C)[C@@H](O)CC3O)cc2)C(=O)OCc2c1cc1n(c2=O)CCc2cc3ccccc3nc2-1. The molecule has 23 nitrogen and oxygen atoms in total. The van der Waals surface area contributed by atoms with Crippen LogP contribution in [-0.2, 0) is 72.9 Å². The van der Waals surface area contributed by atoms with Crippen LogP contribution in [0.25, 0.3) is 22.3 Å². The van der Waals surface area contributed by atoms with Crippen molar-refractivity contribution in [2.24, 2.45) is 11.8 Å². The number of anilines is 1. The number of aryl methyl sites for hydroxylation is 1. The molecule has 2 saturated heterocycles. The van der Waals surface area contributed by atoms with Gasteiger partial charge in [-0.25, -0.2) is 9.78 Å². The van der Waals surface area contributed by atoms with Crippen LogP contribution in [-0.4, -0.2) is 140 Å². The van der Waals surface area contributed by atoms with Gasteiger partial charge < -0.3 is 70.5 Å². The second-order valence-electron chi connectivity index (χ2n) is 22.2. The van der Waals surface area contributed by atoms with Gasteiger partial charge in [0.1, 0.15) is 49.2 Å². The fraction of sp³-hybridized carbons (Fsp3) is 0.517. The van der Waals surface area contributed by atoms with Gasteiger partial charge in [0.2, 0.25) is 41.4 Å². The molecule has 0 radical (unpaired) electrons. The Labute approximate surface area is 479 Å². The average molecular weight is 1150 g/mol. The van der Waals surface area contributed by atoms with Gasteiger partial charge in [-0.15, -0.1) is 0 Å². The fourth-order valence-electron chi connectivity index (χ4n) is 10.7. The molecular weight excluding hydrogens is 1080 g/mol. The van der Waals surface area contributed by atoms with Gasteiger partial charge in [-0.1, -0.05) is 52.8 Å². The van der Waals surface area contributed by atoms with Gasteiger partial charge in [0, 0.05) is 36.1 Å². The van der Waals surface area contributed by atoms with E-state index in [2.05, 4.69) is 31.9 Å². The number of likely N-dealkylation sites (tertiary alicyclic amines) is 1. The summed E-state index contributed by atoms with van der Waals surface area (Å²) in [5.41, 5.74) is 1.21. The molecule has 6 heterocycles. The molecule has 0 aliphatic carbocycles. The van der Waals surface area contributed by atoms with Crippen LogP contribution in [0.1, 0.15) is 104 Å². The number of ether oxygens (including phenoxy) is 4. The lowest BCUT2D eigenvalue weighted by Crippen LogP contribution is -2.56. The maximum absolute atomic E-state index is 14.0. The number of nitrogens with zero attached hydrogens (tertiary/aromatic N) is 3. The summed E-state index contributed by atoms with van der Waals surface area (Å²) < 4.78 is 24.3. The number of aliphatic hydroxyl groups excluding tert-OH is 2. The molecule has 0 saturated carbocycles. The summed E-state index contributed by atoms with van der Waals surface area (Å²) in [7, 11) is 0. The lowest BCUT2D eigenvalue weighted by atomic mass is 9.84. The first-order chi connectivity index (χ1) is 39.0. The molecule has 4 aromatic rings. The van der Waals surface area contributed by atoms with Crippen molar-refractivity contribution in [3.8, 4) is 17.1 Å². The van der Waals surface area contributed by atoms with E-state index in [9.17, 15) is 48.6 Å². The minimum atomic E-state index is -2.02. The van der Waals surface area contributed by atoms with E-state index < -0.39 is 114 Å². The summed E-state index contributed by atoms with van der Waals surface area (Å²) >= 11 is 5.73. The largest absolute Gasteiger partial charge is 0.462 e. The van der Waals surface area contributed by atoms with E-state index in [0.29, 0.717) is 55.2 Å². The topological polar surface area (TPSA) is 307 Å². The number of cyclic esters (lactones) is 1. The summed E-state index contributed by atoms with van der Waals surface area (Å²) in [6.45, 7) is 11.4. The van der Waals surface area contributed by atoms with Crippen molar-refractivity contribution < 1.29 is 62.7 Å². The van der Waals surface area contributed by atoms with Gasteiger partial charge in [-0.3, -0.25) is 33.6 Å². The molecule has 5 amide bonds. The van der Waals surface area contributed by atoms with Crippen LogP contribution >= 0.6 is 12.2 Å². The Morgan fingerprint density at radius 3 is 2.26 bits per heavy atom. The van der Waals surface area contributed by atoms with E-state index in [4.69, 9.17) is 36.1 Å². The molecule has 8 rings (SSSR count). The highest BCUT2D eigenvalue weighted by Crippen LogP contribution is 2.40. The normalized spacial score (nSPS) is 22.1. The van der Waals surface area contributed by atoms with Crippen LogP contribution in [0.3, 0.4) is 0 Å². The lowest BCUT2D eigenvalue weighted by molar-refractivity contribution is -0.228. The average Bonchev–Trinajstić information content (AvgIpc) is 3.52. The zero-order valence-corrected chi connectivity index (χ0v) is 47.9. The van der Waals surface area contributed by atoms with E-state index in [1.807, 2.05) is 58.0 Å². The maximum atomic E-state index is 14.0. The third-order valence-electron chi connectivity index (χ3n) is 15.1. The highest BCUT2D eigenvalue weighted by atomic mass is 32.1. The number of amides is 5. The number of thiocarbonyl (C=S) groups is 1. The minimum Gasteiger partial charge on any atom is -0.462 e. The number of rotatable bonds is 20. The molecule has 24 heteroatoms. The summed E-state index contributed by atoms with van der Waals surface area (Å²) in [6.07, 6.45) is -1.17. The smallest absolute Gasteiger partial charge is 0.355 e. The summed E-state index contributed by atoms with van der Waals surface area (Å²) in [5.74, 6) is -4.86. The number of aromatic nitrogens is 2. The van der Waals surface area contributed by atoms with Gasteiger partial charge in [0.05, 0.1) is 41.2 Å². The standard InChI is InChI=1S/C58H73N9O14S/c1-8-58(39-25-44-49-35(24-34-12-9-10-13-40(34)64-49)19-21-66(44)54(76)38(39)29-78-56(58)77)81-48(71)28-60-50(72)32(6)61-52(74)42(23-31(4)5)63-47(70)27-59-51(73)41(22-30(2)3)65-53(75)43-14-11-20-67(43)57(82)62-36-15-17-37(18-16-36)80-55-46(69)26-45(68)33(7)79-55/h9-10,12-13,15-18,24-25,30-33,41-43,45-46,55,68-69H,8,11,14,19-23,26-29H2,1-7H3,(H,59,73)(H,60,72)(H,61,74)(H,62,82)(H,63,70)(H,65,75)/t32?,33-,41-,42-,43?,45-,46?,55+,58-/m0/s1. The molecule has 440 valence electrons. The summed E-state index contributed by atoms with van der Waals surface area (Å²) in [6, 6.07) is 14.0. The Bertz CT molecular complexity index is 3150. The number of carbonyl (C=O) groups excluding carboxylic acids is 7. The predicted molar refractivity (Wildman–Crippen MR) is 303 cm³/mol. The predicted octanol–water partition coefficient (Wildman–Crippen LogP) is 2.72. The Morgan fingerprint density at radius 1 is 0.854 bits per heavy atom. The van der Waals surface area contributed by atoms with Crippen LogP contribution in [0.5, 0.6) is 5.75 Å². The first kappa shape index (κ1) is 60.6. The monoisotopic (exact) mass is 1150 g/mol. The molecular formula is C58H73N9O14S. The quantitative estimate of drug-likeness (QED) is 0.0466. The van der Waals surface area contributed by atoms with Crippen molar-refractivity contribution in [1.29, 1.82) is 0 Å². The van der Waals surface area contributed by atoms with Crippen LogP contribution in [0.2, 0.25) is 0 Å². The number of carbonyl (C=O) groups is 7. The van der Waals surface area contributed by atoms with E-state index in [-0.39, 0.29) is 60.4 Å². The van der Waals surface area contributed by atoms with Gasteiger partial charge in [-0.2, -0.15) is 0 Å². The number of benzene rings is 2. The summed E-state index contributed by atoms with van der Waals surface area (Å²) in [5, 5.41) is 37.8. The van der Waals surface area contributed by atoms with E-state index >= 15 is 0 Å². The molecule has 9 atom stereocenters. The molecule has 82 heavy (non-hydrogen) atoms. The van der Waals surface area contributed by atoms with Crippen LogP contribution in [0.4, 0.5) is 5.69 Å². The van der Waals surface area contributed by atoms with Crippen LogP contribution < -0.4 is 42.2 Å². The van der Waals surface area contributed by atoms with Gasteiger partial charge in [-0.05, 0) is 124 Å². The maximum Gasteiger partial charge on any atom is 0.355 e. The molecule has 4 aliphatic heterocycles. The van der Waals surface area contributed by atoms with Crippen molar-refractivity contribution in [3.05, 3.63) is 87.7 Å². The summed E-state index contributed by atoms with van der Waals surface area (Å²) in [4.78, 5) is 116. The Kier molecular flexibility index (Phi) is 19.3. The number of esters is 2. The lowest BCUT2D eigenvalue weighted by Gasteiger charge is -2.36. The van der Waals surface area contributed by atoms with Crippen molar-refractivity contribution in [3.63, 3.8) is 0 Å². The molecule has 0 bridgehead atoms. The van der Waals surface area contributed by atoms with E-state index in [0.717, 1.165) is 16.5 Å². The van der Waals surface area contributed by atoms with Crippen molar-refractivity contribution in [2.75, 3.05) is 25.0 Å². The van der Waals surface area contributed by atoms with Crippen LogP contribution in [0, 0.1) is 11.8 Å². The highest BCUT2D eigenvalue weighted by Gasteiger charge is 2.50. The number of nitrogens with one attached hydrogen (secondary N) is 6. The van der Waals surface area contributed by atoms with Gasteiger partial charge in [0.25, 0.3) is 5.56 Å². The minimum absolute atomic E-state index is 0.0379. The zero-order valence-electron chi connectivity index (χ0n) is 47.1. The number of aliphatic hydroxyl groups is 2. The molecule has 2 aromatic heterocycles. The van der Waals surface area contributed by atoms with E-state index in [1.54, 1.807) is 53.6 Å². The highest BCUT2D eigenvalue weighted by molar-refractivity contribution is 7.80. The van der Waals surface area contributed by atoms with Crippen molar-refractivity contribution in [2.45, 2.75) is 161 Å².